The molecule has 0 spiro atoms. The number of rotatable bonds is 4. The number of nitrogens with one attached hydrogen (secondary N) is 1. The molecule has 1 atom stereocenters. The highest BCUT2D eigenvalue weighted by atomic mass is 16.5. The van der Waals surface area contributed by atoms with E-state index in [0.29, 0.717) is 0 Å². The molecule has 1 aliphatic carbocycles. The molecule has 0 aliphatic heterocycles. The SMILES string of the molecule is COc1ccccc1[C@H](C)NC(=O)C1CCC1. The summed E-state index contributed by atoms with van der Waals surface area (Å²) in [6, 6.07) is 7.80. The Bertz CT molecular complexity index is 399. The summed E-state index contributed by atoms with van der Waals surface area (Å²) in [5, 5.41) is 3.05. The summed E-state index contributed by atoms with van der Waals surface area (Å²) in [5.41, 5.74) is 1.03. The van der Waals surface area contributed by atoms with Crippen molar-refractivity contribution in [3.8, 4) is 5.75 Å². The molecule has 0 bridgehead atoms. The molecule has 0 saturated heterocycles. The van der Waals surface area contributed by atoms with E-state index in [9.17, 15) is 4.79 Å². The third-order valence-electron chi connectivity index (χ3n) is 3.44. The molecule has 0 radical (unpaired) electrons. The first kappa shape index (κ1) is 12.0. The van der Waals surface area contributed by atoms with E-state index in [2.05, 4.69) is 5.32 Å². The van der Waals surface area contributed by atoms with Crippen molar-refractivity contribution >= 4 is 5.91 Å². The van der Waals surface area contributed by atoms with E-state index >= 15 is 0 Å². The number of amides is 1. The number of carbonyl (C=O) groups excluding carboxylic acids is 1. The summed E-state index contributed by atoms with van der Waals surface area (Å²) in [6.45, 7) is 1.99. The van der Waals surface area contributed by atoms with Gasteiger partial charge in [0, 0.05) is 11.5 Å². The molecule has 1 aromatic rings. The van der Waals surface area contributed by atoms with Crippen LogP contribution in [-0.4, -0.2) is 13.0 Å². The van der Waals surface area contributed by atoms with Crippen molar-refractivity contribution < 1.29 is 9.53 Å². The zero-order valence-electron chi connectivity index (χ0n) is 10.4. The molecule has 1 aliphatic rings. The minimum Gasteiger partial charge on any atom is -0.496 e. The second-order valence-corrected chi connectivity index (χ2v) is 4.60. The largest absolute Gasteiger partial charge is 0.496 e. The predicted octanol–water partition coefficient (Wildman–Crippen LogP) is 2.67. The van der Waals surface area contributed by atoms with Crippen LogP contribution in [0, 0.1) is 5.92 Å². The number of hydrogen-bond donors (Lipinski definition) is 1. The average Bonchev–Trinajstić information content (AvgIpc) is 2.26. The predicted molar refractivity (Wildman–Crippen MR) is 66.9 cm³/mol. The molecule has 0 heterocycles. The first-order chi connectivity index (χ1) is 8.22. The molecule has 1 aromatic carbocycles. The molecule has 1 amide bonds. The maximum absolute atomic E-state index is 11.9. The maximum atomic E-state index is 11.9. The van der Waals surface area contributed by atoms with E-state index in [1.807, 2.05) is 31.2 Å². The zero-order chi connectivity index (χ0) is 12.3. The van der Waals surface area contributed by atoms with Crippen LogP contribution in [0.2, 0.25) is 0 Å². The molecule has 92 valence electrons. The summed E-state index contributed by atoms with van der Waals surface area (Å²) in [4.78, 5) is 11.9. The molecular formula is C14H19NO2. The highest BCUT2D eigenvalue weighted by Crippen LogP contribution is 2.29. The first-order valence-corrected chi connectivity index (χ1v) is 6.15. The Morgan fingerprint density at radius 1 is 1.41 bits per heavy atom. The second kappa shape index (κ2) is 5.21. The van der Waals surface area contributed by atoms with E-state index < -0.39 is 0 Å². The Kier molecular flexibility index (Phi) is 3.67. The minimum absolute atomic E-state index is 0.000694. The molecule has 3 heteroatoms. The molecule has 1 fully saturated rings. The van der Waals surface area contributed by atoms with Gasteiger partial charge in [-0.25, -0.2) is 0 Å². The van der Waals surface area contributed by atoms with Gasteiger partial charge in [0.1, 0.15) is 5.75 Å². The first-order valence-electron chi connectivity index (χ1n) is 6.15. The minimum atomic E-state index is -0.000694. The molecule has 1 N–H and O–H groups in total. The van der Waals surface area contributed by atoms with Crippen LogP contribution >= 0.6 is 0 Å². The lowest BCUT2D eigenvalue weighted by Gasteiger charge is -2.26. The van der Waals surface area contributed by atoms with Gasteiger partial charge in [-0.2, -0.15) is 0 Å². The third kappa shape index (κ3) is 2.60. The van der Waals surface area contributed by atoms with E-state index in [4.69, 9.17) is 4.74 Å². The van der Waals surface area contributed by atoms with Gasteiger partial charge in [0.15, 0.2) is 0 Å². The smallest absolute Gasteiger partial charge is 0.223 e. The average molecular weight is 233 g/mol. The number of hydrogen-bond acceptors (Lipinski definition) is 2. The standard InChI is InChI=1S/C14H19NO2/c1-10(15-14(16)11-6-5-7-11)12-8-3-4-9-13(12)17-2/h3-4,8-11H,5-7H2,1-2H3,(H,15,16)/t10-/m0/s1. The fourth-order valence-corrected chi connectivity index (χ4v) is 2.10. The van der Waals surface area contributed by atoms with Gasteiger partial charge in [-0.15, -0.1) is 0 Å². The van der Waals surface area contributed by atoms with Crippen LogP contribution in [0.1, 0.15) is 37.8 Å². The number of carbonyl (C=O) groups is 1. The van der Waals surface area contributed by atoms with E-state index in [0.717, 1.165) is 24.2 Å². The Balaban J connectivity index is 2.03. The van der Waals surface area contributed by atoms with Gasteiger partial charge in [-0.1, -0.05) is 24.6 Å². The van der Waals surface area contributed by atoms with Crippen LogP contribution in [0.15, 0.2) is 24.3 Å². The van der Waals surface area contributed by atoms with Crippen LogP contribution in [0.25, 0.3) is 0 Å². The topological polar surface area (TPSA) is 38.3 Å². The number of methoxy groups -OCH3 is 1. The summed E-state index contributed by atoms with van der Waals surface area (Å²) in [5.74, 6) is 1.23. The molecule has 0 aromatic heterocycles. The van der Waals surface area contributed by atoms with Gasteiger partial charge in [0.05, 0.1) is 13.2 Å². The lowest BCUT2D eigenvalue weighted by atomic mass is 9.84. The molecule has 3 nitrogen and oxygen atoms in total. The monoisotopic (exact) mass is 233 g/mol. The Morgan fingerprint density at radius 3 is 2.71 bits per heavy atom. The van der Waals surface area contributed by atoms with Crippen molar-refractivity contribution in [1.29, 1.82) is 0 Å². The van der Waals surface area contributed by atoms with Crippen LogP contribution in [-0.2, 0) is 4.79 Å². The van der Waals surface area contributed by atoms with Crippen LogP contribution in [0.5, 0.6) is 5.75 Å². The molecule has 2 rings (SSSR count). The van der Waals surface area contributed by atoms with Crippen molar-refractivity contribution in [3.63, 3.8) is 0 Å². The van der Waals surface area contributed by atoms with Crippen LogP contribution in [0.3, 0.4) is 0 Å². The summed E-state index contributed by atoms with van der Waals surface area (Å²) in [7, 11) is 1.65. The Labute approximate surface area is 102 Å². The van der Waals surface area contributed by atoms with Gasteiger partial charge in [0.25, 0.3) is 0 Å². The quantitative estimate of drug-likeness (QED) is 0.868. The lowest BCUT2D eigenvalue weighted by molar-refractivity contribution is -0.128. The molecule has 17 heavy (non-hydrogen) atoms. The lowest BCUT2D eigenvalue weighted by Crippen LogP contribution is -2.36. The highest BCUT2D eigenvalue weighted by molar-refractivity contribution is 5.79. The zero-order valence-corrected chi connectivity index (χ0v) is 10.4. The molecule has 1 saturated carbocycles. The third-order valence-corrected chi connectivity index (χ3v) is 3.44. The van der Waals surface area contributed by atoms with Crippen molar-refractivity contribution in [1.82, 2.24) is 5.32 Å². The Hall–Kier alpha value is -1.51. The van der Waals surface area contributed by atoms with E-state index in [-0.39, 0.29) is 17.9 Å². The fraction of sp³-hybridized carbons (Fsp3) is 0.500. The van der Waals surface area contributed by atoms with Crippen molar-refractivity contribution in [2.75, 3.05) is 7.11 Å². The summed E-state index contributed by atoms with van der Waals surface area (Å²) >= 11 is 0. The van der Waals surface area contributed by atoms with E-state index in [1.54, 1.807) is 7.11 Å². The maximum Gasteiger partial charge on any atom is 0.223 e. The number of ether oxygens (including phenoxy) is 1. The van der Waals surface area contributed by atoms with Crippen LogP contribution < -0.4 is 10.1 Å². The summed E-state index contributed by atoms with van der Waals surface area (Å²) < 4.78 is 5.30. The van der Waals surface area contributed by atoms with Gasteiger partial charge >= 0.3 is 0 Å². The van der Waals surface area contributed by atoms with Gasteiger partial charge in [-0.3, -0.25) is 4.79 Å². The van der Waals surface area contributed by atoms with Gasteiger partial charge in [-0.05, 0) is 25.8 Å². The Morgan fingerprint density at radius 2 is 2.12 bits per heavy atom. The van der Waals surface area contributed by atoms with Gasteiger partial charge < -0.3 is 10.1 Å². The van der Waals surface area contributed by atoms with Crippen molar-refractivity contribution in [2.24, 2.45) is 5.92 Å². The van der Waals surface area contributed by atoms with E-state index in [1.165, 1.54) is 6.42 Å². The van der Waals surface area contributed by atoms with Gasteiger partial charge in [0.2, 0.25) is 5.91 Å². The normalized spacial score (nSPS) is 17.1. The second-order valence-electron chi connectivity index (χ2n) is 4.60. The van der Waals surface area contributed by atoms with Crippen LogP contribution in [0.4, 0.5) is 0 Å². The van der Waals surface area contributed by atoms with Crippen molar-refractivity contribution in [3.05, 3.63) is 29.8 Å². The van der Waals surface area contributed by atoms with Crippen molar-refractivity contribution in [2.45, 2.75) is 32.2 Å². The highest BCUT2D eigenvalue weighted by Gasteiger charge is 2.26. The summed E-state index contributed by atoms with van der Waals surface area (Å²) in [6.07, 6.45) is 3.25. The number of benzene rings is 1. The number of para-hydroxylation sites is 1. The fourth-order valence-electron chi connectivity index (χ4n) is 2.10. The molecular weight excluding hydrogens is 214 g/mol. The molecule has 0 unspecified atom stereocenters.